The van der Waals surface area contributed by atoms with Crippen LogP contribution in [-0.2, 0) is 21.2 Å². The number of nitrogens with one attached hydrogen (secondary N) is 1. The predicted molar refractivity (Wildman–Crippen MR) is 98.1 cm³/mol. The van der Waals surface area contributed by atoms with Crippen molar-refractivity contribution in [2.24, 2.45) is 5.92 Å². The van der Waals surface area contributed by atoms with Crippen LogP contribution in [0.15, 0.2) is 24.3 Å². The van der Waals surface area contributed by atoms with Crippen LogP contribution in [0.5, 0.6) is 5.75 Å². The Kier molecular flexibility index (Phi) is 6.84. The van der Waals surface area contributed by atoms with E-state index in [1.165, 1.54) is 10.6 Å². The fraction of sp³-hybridized carbons (Fsp3) is 0.611. The molecule has 1 aromatic carbocycles. The van der Waals surface area contributed by atoms with Crippen LogP contribution in [0.1, 0.15) is 32.3 Å². The molecule has 1 atom stereocenters. The summed E-state index contributed by atoms with van der Waals surface area (Å²) in [5, 5.41) is 2.93. The molecule has 1 aromatic rings. The molecule has 0 aromatic heterocycles. The summed E-state index contributed by atoms with van der Waals surface area (Å²) in [6.45, 7) is 5.30. The first-order valence-electron chi connectivity index (χ1n) is 8.74. The first kappa shape index (κ1) is 19.7. The SMILES string of the molecule is CC(C)Oc1ccc(CCNC(=O)C2CCCN(S(C)(=O)=O)C2)cc1. The van der Waals surface area contributed by atoms with Gasteiger partial charge in [-0.15, -0.1) is 0 Å². The topological polar surface area (TPSA) is 75.7 Å². The molecule has 1 N–H and O–H groups in total. The molecule has 6 nitrogen and oxygen atoms in total. The molecule has 0 aliphatic carbocycles. The highest BCUT2D eigenvalue weighted by molar-refractivity contribution is 7.88. The summed E-state index contributed by atoms with van der Waals surface area (Å²) in [5.41, 5.74) is 1.12. The predicted octanol–water partition coefficient (Wildman–Crippen LogP) is 1.80. The van der Waals surface area contributed by atoms with E-state index in [0.29, 0.717) is 13.1 Å². The normalized spacial score (nSPS) is 19.0. The molecule has 0 bridgehead atoms. The van der Waals surface area contributed by atoms with Crippen molar-refractivity contribution < 1.29 is 17.9 Å². The van der Waals surface area contributed by atoms with Gasteiger partial charge in [0, 0.05) is 19.6 Å². The molecule has 1 amide bonds. The van der Waals surface area contributed by atoms with E-state index in [0.717, 1.165) is 30.6 Å². The van der Waals surface area contributed by atoms with Crippen molar-refractivity contribution in [3.63, 3.8) is 0 Å². The Bertz CT molecular complexity index is 671. The maximum Gasteiger partial charge on any atom is 0.224 e. The van der Waals surface area contributed by atoms with Gasteiger partial charge in [-0.05, 0) is 50.8 Å². The number of hydrogen-bond acceptors (Lipinski definition) is 4. The van der Waals surface area contributed by atoms with Crippen molar-refractivity contribution in [1.82, 2.24) is 9.62 Å². The first-order chi connectivity index (χ1) is 11.8. The number of amides is 1. The molecule has 1 heterocycles. The Labute approximate surface area is 150 Å². The number of benzene rings is 1. The Morgan fingerprint density at radius 2 is 2.00 bits per heavy atom. The van der Waals surface area contributed by atoms with Crippen LogP contribution in [0.2, 0.25) is 0 Å². The van der Waals surface area contributed by atoms with E-state index in [4.69, 9.17) is 4.74 Å². The van der Waals surface area contributed by atoms with Gasteiger partial charge in [0.05, 0.1) is 18.3 Å². The summed E-state index contributed by atoms with van der Waals surface area (Å²) in [7, 11) is -3.23. The van der Waals surface area contributed by atoms with Gasteiger partial charge in [-0.25, -0.2) is 12.7 Å². The number of carbonyl (C=O) groups is 1. The Morgan fingerprint density at radius 3 is 2.60 bits per heavy atom. The molecule has 2 rings (SSSR count). The number of piperidine rings is 1. The van der Waals surface area contributed by atoms with Crippen LogP contribution in [0.3, 0.4) is 0 Å². The molecule has 0 saturated carbocycles. The van der Waals surface area contributed by atoms with Crippen molar-refractivity contribution in [2.75, 3.05) is 25.9 Å². The van der Waals surface area contributed by atoms with Gasteiger partial charge in [0.15, 0.2) is 0 Å². The molecule has 7 heteroatoms. The maximum atomic E-state index is 12.3. The van der Waals surface area contributed by atoms with Crippen molar-refractivity contribution >= 4 is 15.9 Å². The van der Waals surface area contributed by atoms with Gasteiger partial charge in [-0.2, -0.15) is 0 Å². The highest BCUT2D eigenvalue weighted by Crippen LogP contribution is 2.19. The van der Waals surface area contributed by atoms with E-state index in [-0.39, 0.29) is 24.5 Å². The summed E-state index contributed by atoms with van der Waals surface area (Å²) in [4.78, 5) is 12.3. The zero-order chi connectivity index (χ0) is 18.4. The number of rotatable bonds is 7. The van der Waals surface area contributed by atoms with E-state index < -0.39 is 10.0 Å². The van der Waals surface area contributed by atoms with E-state index in [9.17, 15) is 13.2 Å². The molecule has 140 valence electrons. The lowest BCUT2D eigenvalue weighted by atomic mass is 9.99. The largest absolute Gasteiger partial charge is 0.491 e. The van der Waals surface area contributed by atoms with Crippen LogP contribution in [0.4, 0.5) is 0 Å². The van der Waals surface area contributed by atoms with Crippen molar-refractivity contribution in [3.8, 4) is 5.75 Å². The number of carbonyl (C=O) groups excluding carboxylic acids is 1. The van der Waals surface area contributed by atoms with Crippen LogP contribution < -0.4 is 10.1 Å². The second-order valence-corrected chi connectivity index (χ2v) is 8.79. The van der Waals surface area contributed by atoms with Gasteiger partial charge < -0.3 is 10.1 Å². The average molecular weight is 368 g/mol. The molecule has 1 aliphatic heterocycles. The lowest BCUT2D eigenvalue weighted by molar-refractivity contribution is -0.126. The average Bonchev–Trinajstić information content (AvgIpc) is 2.55. The first-order valence-corrected chi connectivity index (χ1v) is 10.6. The summed E-state index contributed by atoms with van der Waals surface area (Å²) in [6, 6.07) is 7.86. The molecular weight excluding hydrogens is 340 g/mol. The smallest absolute Gasteiger partial charge is 0.224 e. The molecule has 25 heavy (non-hydrogen) atoms. The Morgan fingerprint density at radius 1 is 1.32 bits per heavy atom. The number of sulfonamides is 1. The van der Waals surface area contributed by atoms with Crippen LogP contribution in [0, 0.1) is 5.92 Å². The molecule has 1 aliphatic rings. The minimum atomic E-state index is -3.23. The quantitative estimate of drug-likeness (QED) is 0.796. The summed E-state index contributed by atoms with van der Waals surface area (Å²) < 4.78 is 30.3. The van der Waals surface area contributed by atoms with Gasteiger partial charge in [-0.1, -0.05) is 12.1 Å². The van der Waals surface area contributed by atoms with Gasteiger partial charge in [0.25, 0.3) is 0 Å². The van der Waals surface area contributed by atoms with Crippen molar-refractivity contribution in [1.29, 1.82) is 0 Å². The fourth-order valence-electron chi connectivity index (χ4n) is 2.94. The van der Waals surface area contributed by atoms with Gasteiger partial charge >= 0.3 is 0 Å². The third kappa shape index (κ3) is 6.32. The van der Waals surface area contributed by atoms with E-state index >= 15 is 0 Å². The second kappa shape index (κ2) is 8.67. The van der Waals surface area contributed by atoms with E-state index in [1.54, 1.807) is 0 Å². The highest BCUT2D eigenvalue weighted by atomic mass is 32.2. The standard InChI is InChI=1S/C18H28N2O4S/c1-14(2)24-17-8-6-15(7-9-17)10-11-19-18(21)16-5-4-12-20(13-16)25(3,22)23/h6-9,14,16H,4-5,10-13H2,1-3H3,(H,19,21). The van der Waals surface area contributed by atoms with E-state index in [1.807, 2.05) is 38.1 Å². The van der Waals surface area contributed by atoms with Gasteiger partial charge in [-0.3, -0.25) is 4.79 Å². The number of nitrogens with zero attached hydrogens (tertiary/aromatic N) is 1. The van der Waals surface area contributed by atoms with Gasteiger partial charge in [0.2, 0.25) is 15.9 Å². The molecule has 1 fully saturated rings. The third-order valence-electron chi connectivity index (χ3n) is 4.23. The minimum Gasteiger partial charge on any atom is -0.491 e. The zero-order valence-electron chi connectivity index (χ0n) is 15.2. The van der Waals surface area contributed by atoms with Crippen LogP contribution in [0.25, 0.3) is 0 Å². The number of hydrogen-bond donors (Lipinski definition) is 1. The molecular formula is C18H28N2O4S. The minimum absolute atomic E-state index is 0.0619. The summed E-state index contributed by atoms with van der Waals surface area (Å²) >= 11 is 0. The Balaban J connectivity index is 1.78. The maximum absolute atomic E-state index is 12.3. The number of ether oxygens (including phenoxy) is 1. The summed E-state index contributed by atoms with van der Waals surface area (Å²) in [5.74, 6) is 0.518. The van der Waals surface area contributed by atoms with Crippen molar-refractivity contribution in [2.45, 2.75) is 39.2 Å². The Hall–Kier alpha value is -1.60. The lowest BCUT2D eigenvalue weighted by Crippen LogP contribution is -2.45. The van der Waals surface area contributed by atoms with Crippen molar-refractivity contribution in [3.05, 3.63) is 29.8 Å². The second-order valence-electron chi connectivity index (χ2n) is 6.81. The molecule has 1 unspecified atom stereocenters. The highest BCUT2D eigenvalue weighted by Gasteiger charge is 2.29. The fourth-order valence-corrected chi connectivity index (χ4v) is 3.85. The molecule has 1 saturated heterocycles. The monoisotopic (exact) mass is 368 g/mol. The van der Waals surface area contributed by atoms with Crippen LogP contribution >= 0.6 is 0 Å². The van der Waals surface area contributed by atoms with E-state index in [2.05, 4.69) is 5.32 Å². The molecule has 0 spiro atoms. The lowest BCUT2D eigenvalue weighted by Gasteiger charge is -2.30. The van der Waals surface area contributed by atoms with Gasteiger partial charge in [0.1, 0.15) is 5.75 Å². The molecule has 0 radical (unpaired) electrons. The third-order valence-corrected chi connectivity index (χ3v) is 5.50. The van der Waals surface area contributed by atoms with Crippen LogP contribution in [-0.4, -0.2) is 50.6 Å². The zero-order valence-corrected chi connectivity index (χ0v) is 16.0. The summed E-state index contributed by atoms with van der Waals surface area (Å²) in [6.07, 6.45) is 3.53.